The van der Waals surface area contributed by atoms with E-state index in [9.17, 15) is 14.7 Å². The molecule has 2 aromatic rings. The number of hydrogen-bond donors (Lipinski definition) is 2. The normalized spacial score (nSPS) is 11.2. The van der Waals surface area contributed by atoms with Crippen LogP contribution in [0.1, 0.15) is 27.4 Å². The third-order valence-electron chi connectivity index (χ3n) is 3.28. The smallest absolute Gasteiger partial charge is 0.312 e. The average molecular weight is 293 g/mol. The van der Waals surface area contributed by atoms with E-state index in [2.05, 4.69) is 11.2 Å². The summed E-state index contributed by atoms with van der Waals surface area (Å²) in [5.74, 6) is 0.382. The van der Waals surface area contributed by atoms with Gasteiger partial charge in [-0.05, 0) is 29.8 Å². The molecule has 0 saturated carbocycles. The van der Waals surface area contributed by atoms with Gasteiger partial charge in [0.25, 0.3) is 5.91 Å². The molecule has 0 aliphatic heterocycles. The summed E-state index contributed by atoms with van der Waals surface area (Å²) in [6.07, 6.45) is 5.26. The maximum absolute atomic E-state index is 12.0. The number of amides is 1. The first-order valence-corrected chi connectivity index (χ1v) is 6.74. The van der Waals surface area contributed by atoms with Gasteiger partial charge in [-0.15, -0.1) is 6.42 Å². The topological polar surface area (TPSA) is 66.4 Å². The van der Waals surface area contributed by atoms with Crippen LogP contribution in [0.3, 0.4) is 0 Å². The largest absolute Gasteiger partial charge is 0.481 e. The van der Waals surface area contributed by atoms with Crippen molar-refractivity contribution >= 4 is 11.9 Å². The Morgan fingerprint density at radius 3 is 2.27 bits per heavy atom. The minimum atomic E-state index is -0.978. The summed E-state index contributed by atoms with van der Waals surface area (Å²) in [6, 6.07) is 15.4. The van der Waals surface area contributed by atoms with Gasteiger partial charge < -0.3 is 10.4 Å². The lowest BCUT2D eigenvalue weighted by Crippen LogP contribution is -2.31. The van der Waals surface area contributed by atoms with E-state index in [4.69, 9.17) is 6.42 Å². The van der Waals surface area contributed by atoms with Crippen LogP contribution in [0.15, 0.2) is 54.6 Å². The predicted molar refractivity (Wildman–Crippen MR) is 83.5 cm³/mol. The zero-order chi connectivity index (χ0) is 15.9. The van der Waals surface area contributed by atoms with Crippen molar-refractivity contribution in [1.82, 2.24) is 5.32 Å². The van der Waals surface area contributed by atoms with Gasteiger partial charge in [0.15, 0.2) is 0 Å². The van der Waals surface area contributed by atoms with Crippen LogP contribution < -0.4 is 5.32 Å². The molecule has 4 nitrogen and oxygen atoms in total. The number of nitrogens with one attached hydrogen (secondary N) is 1. The second-order valence-corrected chi connectivity index (χ2v) is 4.73. The Hall–Kier alpha value is -3.06. The molecule has 0 bridgehead atoms. The van der Waals surface area contributed by atoms with E-state index < -0.39 is 11.9 Å². The minimum absolute atomic E-state index is 0.0229. The van der Waals surface area contributed by atoms with Crippen LogP contribution >= 0.6 is 0 Å². The van der Waals surface area contributed by atoms with Crippen LogP contribution in [0.25, 0.3) is 0 Å². The third kappa shape index (κ3) is 3.74. The molecule has 1 amide bonds. The van der Waals surface area contributed by atoms with Crippen LogP contribution in [0, 0.1) is 12.3 Å². The Morgan fingerprint density at radius 2 is 1.73 bits per heavy atom. The second kappa shape index (κ2) is 7.09. The Morgan fingerprint density at radius 1 is 1.09 bits per heavy atom. The van der Waals surface area contributed by atoms with Crippen molar-refractivity contribution in [3.05, 3.63) is 71.3 Å². The molecule has 0 heterocycles. The standard InChI is InChI=1S/C18H15NO3/c1-2-13-8-10-15(11-9-13)17(20)19-12-16(18(21)22)14-6-4-3-5-7-14/h1,3-11,16H,12H2,(H,19,20)(H,21,22). The number of rotatable bonds is 5. The van der Waals surface area contributed by atoms with Gasteiger partial charge in [-0.25, -0.2) is 0 Å². The van der Waals surface area contributed by atoms with E-state index in [1.54, 1.807) is 48.5 Å². The monoisotopic (exact) mass is 293 g/mol. The number of benzene rings is 2. The van der Waals surface area contributed by atoms with Crippen LogP contribution in [0.5, 0.6) is 0 Å². The van der Waals surface area contributed by atoms with Gasteiger partial charge in [-0.2, -0.15) is 0 Å². The summed E-state index contributed by atoms with van der Waals surface area (Å²) in [4.78, 5) is 23.4. The maximum atomic E-state index is 12.0. The Bertz CT molecular complexity index is 699. The highest BCUT2D eigenvalue weighted by molar-refractivity contribution is 5.94. The highest BCUT2D eigenvalue weighted by atomic mass is 16.4. The zero-order valence-corrected chi connectivity index (χ0v) is 11.8. The molecular weight excluding hydrogens is 278 g/mol. The molecule has 1 unspecified atom stereocenters. The van der Waals surface area contributed by atoms with Crippen molar-refractivity contribution < 1.29 is 14.7 Å². The summed E-state index contributed by atoms with van der Waals surface area (Å²) < 4.78 is 0. The van der Waals surface area contributed by atoms with Crippen LogP contribution in [-0.4, -0.2) is 23.5 Å². The lowest BCUT2D eigenvalue weighted by molar-refractivity contribution is -0.138. The molecule has 0 fully saturated rings. The number of carbonyl (C=O) groups is 2. The third-order valence-corrected chi connectivity index (χ3v) is 3.28. The Kier molecular flexibility index (Phi) is 4.94. The minimum Gasteiger partial charge on any atom is -0.481 e. The molecule has 0 aliphatic rings. The molecule has 0 radical (unpaired) electrons. The molecular formula is C18H15NO3. The van der Waals surface area contributed by atoms with Crippen molar-refractivity contribution in [3.8, 4) is 12.3 Å². The number of carboxylic acids is 1. The predicted octanol–water partition coefficient (Wildman–Crippen LogP) is 2.27. The quantitative estimate of drug-likeness (QED) is 0.831. The molecule has 2 N–H and O–H groups in total. The Labute approximate surface area is 128 Å². The first-order valence-electron chi connectivity index (χ1n) is 6.74. The lowest BCUT2D eigenvalue weighted by atomic mass is 9.99. The van der Waals surface area contributed by atoms with Crippen molar-refractivity contribution in [2.24, 2.45) is 0 Å². The number of hydrogen-bond acceptors (Lipinski definition) is 2. The summed E-state index contributed by atoms with van der Waals surface area (Å²) in [6.45, 7) is 0.0229. The molecule has 0 saturated heterocycles. The fraction of sp³-hybridized carbons (Fsp3) is 0.111. The van der Waals surface area contributed by atoms with Crippen LogP contribution in [0.4, 0.5) is 0 Å². The molecule has 4 heteroatoms. The lowest BCUT2D eigenvalue weighted by Gasteiger charge is -2.13. The molecule has 0 spiro atoms. The first-order chi connectivity index (χ1) is 10.6. The van der Waals surface area contributed by atoms with Crippen LogP contribution in [0.2, 0.25) is 0 Å². The highest BCUT2D eigenvalue weighted by Crippen LogP contribution is 2.15. The summed E-state index contributed by atoms with van der Waals surface area (Å²) >= 11 is 0. The van der Waals surface area contributed by atoms with Crippen molar-refractivity contribution in [3.63, 3.8) is 0 Å². The van der Waals surface area contributed by atoms with Crippen molar-refractivity contribution in [2.45, 2.75) is 5.92 Å². The summed E-state index contributed by atoms with van der Waals surface area (Å²) in [5.41, 5.74) is 1.78. The van der Waals surface area contributed by atoms with Gasteiger partial charge in [0.1, 0.15) is 0 Å². The first kappa shape index (κ1) is 15.3. The molecule has 0 aliphatic carbocycles. The zero-order valence-electron chi connectivity index (χ0n) is 11.8. The highest BCUT2D eigenvalue weighted by Gasteiger charge is 2.20. The summed E-state index contributed by atoms with van der Waals surface area (Å²) in [7, 11) is 0. The van der Waals surface area contributed by atoms with Crippen molar-refractivity contribution in [1.29, 1.82) is 0 Å². The SMILES string of the molecule is C#Cc1ccc(C(=O)NCC(C(=O)O)c2ccccc2)cc1. The molecule has 110 valence electrons. The number of terminal acetylenes is 1. The Balaban J connectivity index is 2.04. The average Bonchev–Trinajstić information content (AvgIpc) is 2.55. The fourth-order valence-corrected chi connectivity index (χ4v) is 2.05. The van der Waals surface area contributed by atoms with Crippen molar-refractivity contribution in [2.75, 3.05) is 6.54 Å². The maximum Gasteiger partial charge on any atom is 0.312 e. The number of aliphatic carboxylic acids is 1. The van der Waals surface area contributed by atoms with Gasteiger partial charge >= 0.3 is 5.97 Å². The molecule has 0 aromatic heterocycles. The van der Waals surface area contributed by atoms with E-state index in [0.29, 0.717) is 16.7 Å². The van der Waals surface area contributed by atoms with E-state index in [0.717, 1.165) is 0 Å². The van der Waals surface area contributed by atoms with Gasteiger partial charge in [-0.1, -0.05) is 36.3 Å². The number of carbonyl (C=O) groups excluding carboxylic acids is 1. The van der Waals surface area contributed by atoms with Gasteiger partial charge in [0.2, 0.25) is 0 Å². The van der Waals surface area contributed by atoms with E-state index >= 15 is 0 Å². The van der Waals surface area contributed by atoms with E-state index in [1.807, 2.05) is 6.07 Å². The molecule has 2 rings (SSSR count). The second-order valence-electron chi connectivity index (χ2n) is 4.73. The van der Waals surface area contributed by atoms with Gasteiger partial charge in [0, 0.05) is 17.7 Å². The van der Waals surface area contributed by atoms with E-state index in [-0.39, 0.29) is 12.5 Å². The van der Waals surface area contributed by atoms with Crippen LogP contribution in [-0.2, 0) is 4.79 Å². The molecule has 2 aromatic carbocycles. The van der Waals surface area contributed by atoms with Gasteiger partial charge in [-0.3, -0.25) is 9.59 Å². The summed E-state index contributed by atoms with van der Waals surface area (Å²) in [5, 5.41) is 11.9. The fourth-order valence-electron chi connectivity index (χ4n) is 2.05. The number of carboxylic acid groups (broad SMARTS) is 1. The molecule has 1 atom stereocenters. The molecule has 22 heavy (non-hydrogen) atoms. The van der Waals surface area contributed by atoms with Gasteiger partial charge in [0.05, 0.1) is 5.92 Å². The van der Waals surface area contributed by atoms with E-state index in [1.165, 1.54) is 0 Å².